The summed E-state index contributed by atoms with van der Waals surface area (Å²) in [7, 11) is 1.65. The molecular formula is C19H22O3. The van der Waals surface area contributed by atoms with Crippen LogP contribution < -0.4 is 4.74 Å². The zero-order chi connectivity index (χ0) is 15.4. The molecule has 1 saturated carbocycles. The Balaban J connectivity index is 1.40. The minimum absolute atomic E-state index is 0.142. The highest BCUT2D eigenvalue weighted by Gasteiger charge is 2.36. The molecule has 1 aromatic carbocycles. The number of benzene rings is 1. The predicted molar refractivity (Wildman–Crippen MR) is 86.4 cm³/mol. The number of allylic oxidation sites excluding steroid dienone is 2. The Morgan fingerprint density at radius 3 is 2.68 bits per heavy atom. The summed E-state index contributed by atoms with van der Waals surface area (Å²) in [5, 5.41) is 0. The Labute approximate surface area is 131 Å². The van der Waals surface area contributed by atoms with Gasteiger partial charge in [0.2, 0.25) is 0 Å². The lowest BCUT2D eigenvalue weighted by atomic mass is 9.95. The lowest BCUT2D eigenvalue weighted by molar-refractivity contribution is -0.144. The molecule has 0 radical (unpaired) electrons. The van der Waals surface area contributed by atoms with Crippen LogP contribution in [0, 0.1) is 17.8 Å². The summed E-state index contributed by atoms with van der Waals surface area (Å²) in [6.07, 6.45) is 11.1. The molecule has 2 unspecified atom stereocenters. The van der Waals surface area contributed by atoms with E-state index < -0.39 is 0 Å². The highest BCUT2D eigenvalue weighted by atomic mass is 16.5. The highest BCUT2D eigenvalue weighted by molar-refractivity contribution is 5.72. The molecule has 0 saturated heterocycles. The van der Waals surface area contributed by atoms with Crippen molar-refractivity contribution >= 4 is 12.0 Å². The van der Waals surface area contributed by atoms with Crippen molar-refractivity contribution in [2.45, 2.75) is 19.3 Å². The second-order valence-corrected chi connectivity index (χ2v) is 6.10. The Kier molecular flexibility index (Phi) is 4.62. The van der Waals surface area contributed by atoms with E-state index >= 15 is 0 Å². The van der Waals surface area contributed by atoms with Crippen LogP contribution in [0.3, 0.4) is 0 Å². The van der Waals surface area contributed by atoms with Gasteiger partial charge in [0.15, 0.2) is 0 Å². The van der Waals surface area contributed by atoms with Crippen LogP contribution >= 0.6 is 0 Å². The molecular weight excluding hydrogens is 276 g/mol. The van der Waals surface area contributed by atoms with E-state index in [1.807, 2.05) is 36.4 Å². The normalized spacial score (nSPS) is 25.8. The first-order valence-electron chi connectivity index (χ1n) is 7.89. The average molecular weight is 298 g/mol. The van der Waals surface area contributed by atoms with E-state index in [0.29, 0.717) is 24.9 Å². The van der Waals surface area contributed by atoms with E-state index in [2.05, 4.69) is 12.2 Å². The quantitative estimate of drug-likeness (QED) is 0.591. The van der Waals surface area contributed by atoms with Crippen LogP contribution in [-0.4, -0.2) is 19.7 Å². The number of methoxy groups -OCH3 is 1. The molecule has 2 aliphatic carbocycles. The molecule has 116 valence electrons. The van der Waals surface area contributed by atoms with Gasteiger partial charge in [0.1, 0.15) is 5.75 Å². The van der Waals surface area contributed by atoms with E-state index in [1.165, 1.54) is 12.8 Å². The molecule has 0 aromatic heterocycles. The van der Waals surface area contributed by atoms with Gasteiger partial charge in [-0.2, -0.15) is 0 Å². The first-order valence-corrected chi connectivity index (χ1v) is 7.89. The summed E-state index contributed by atoms with van der Waals surface area (Å²) >= 11 is 0. The third kappa shape index (κ3) is 3.59. The third-order valence-electron chi connectivity index (χ3n) is 4.59. The maximum atomic E-state index is 11.8. The fourth-order valence-electron chi connectivity index (χ4n) is 3.35. The van der Waals surface area contributed by atoms with Crippen LogP contribution in [0.15, 0.2) is 42.5 Å². The van der Waals surface area contributed by atoms with E-state index in [-0.39, 0.29) is 5.97 Å². The van der Waals surface area contributed by atoms with Gasteiger partial charge in [0, 0.05) is 0 Å². The van der Waals surface area contributed by atoms with Crippen molar-refractivity contribution < 1.29 is 14.3 Å². The molecule has 0 heterocycles. The van der Waals surface area contributed by atoms with E-state index in [0.717, 1.165) is 17.2 Å². The number of hydrogen-bond donors (Lipinski definition) is 0. The SMILES string of the molecule is COc1ccc(/C=C/CC(=O)OC[C@@H]2CC3C=CC2C3)cc1. The summed E-state index contributed by atoms with van der Waals surface area (Å²) in [5.74, 6) is 2.58. The topological polar surface area (TPSA) is 35.5 Å². The monoisotopic (exact) mass is 298 g/mol. The van der Waals surface area contributed by atoms with E-state index in [4.69, 9.17) is 9.47 Å². The number of hydrogen-bond acceptors (Lipinski definition) is 3. The van der Waals surface area contributed by atoms with Crippen LogP contribution in [0.4, 0.5) is 0 Å². The van der Waals surface area contributed by atoms with Crippen LogP contribution in [0.25, 0.3) is 6.08 Å². The zero-order valence-corrected chi connectivity index (χ0v) is 12.9. The molecule has 3 heteroatoms. The van der Waals surface area contributed by atoms with Gasteiger partial charge < -0.3 is 9.47 Å². The molecule has 0 aliphatic heterocycles. The first-order chi connectivity index (χ1) is 10.7. The van der Waals surface area contributed by atoms with Gasteiger partial charge >= 0.3 is 5.97 Å². The Bertz CT molecular complexity index is 571. The van der Waals surface area contributed by atoms with Crippen molar-refractivity contribution in [3.05, 3.63) is 48.1 Å². The number of rotatable bonds is 6. The van der Waals surface area contributed by atoms with Crippen molar-refractivity contribution in [1.82, 2.24) is 0 Å². The summed E-state index contributed by atoms with van der Waals surface area (Å²) in [5.41, 5.74) is 1.05. The van der Waals surface area contributed by atoms with Crippen molar-refractivity contribution in [3.63, 3.8) is 0 Å². The molecule has 1 fully saturated rings. The smallest absolute Gasteiger partial charge is 0.309 e. The molecule has 3 rings (SSSR count). The lowest BCUT2D eigenvalue weighted by Gasteiger charge is -2.17. The molecule has 2 aliphatic rings. The fourth-order valence-corrected chi connectivity index (χ4v) is 3.35. The maximum Gasteiger partial charge on any atom is 0.309 e. The summed E-state index contributed by atoms with van der Waals surface area (Å²) < 4.78 is 10.5. The molecule has 22 heavy (non-hydrogen) atoms. The fraction of sp³-hybridized carbons (Fsp3) is 0.421. The van der Waals surface area contributed by atoms with Crippen LogP contribution in [0.5, 0.6) is 5.75 Å². The van der Waals surface area contributed by atoms with Crippen molar-refractivity contribution in [3.8, 4) is 5.75 Å². The minimum atomic E-state index is -0.142. The van der Waals surface area contributed by atoms with Crippen molar-refractivity contribution in [2.24, 2.45) is 17.8 Å². The summed E-state index contributed by atoms with van der Waals surface area (Å²) in [4.78, 5) is 11.8. The van der Waals surface area contributed by atoms with Crippen LogP contribution in [-0.2, 0) is 9.53 Å². The second-order valence-electron chi connectivity index (χ2n) is 6.10. The standard InChI is InChI=1S/C19H22O3/c1-21-18-9-6-14(7-10-18)3-2-4-19(20)22-13-17-12-15-5-8-16(17)11-15/h2-3,5-10,15-17H,4,11-13H2,1H3/b3-2+/t15?,16?,17-/m0/s1. The number of carbonyl (C=O) groups excluding carboxylic acids is 1. The average Bonchev–Trinajstić information content (AvgIpc) is 3.16. The van der Waals surface area contributed by atoms with E-state index in [1.54, 1.807) is 7.11 Å². The summed E-state index contributed by atoms with van der Waals surface area (Å²) in [6.45, 7) is 0.570. The summed E-state index contributed by atoms with van der Waals surface area (Å²) in [6, 6.07) is 7.73. The lowest BCUT2D eigenvalue weighted by Crippen LogP contribution is -2.17. The number of fused-ring (bicyclic) bond motifs is 2. The predicted octanol–water partition coefficient (Wildman–Crippen LogP) is 3.85. The van der Waals surface area contributed by atoms with Crippen LogP contribution in [0.2, 0.25) is 0 Å². The number of ether oxygens (including phenoxy) is 2. The van der Waals surface area contributed by atoms with Gasteiger partial charge in [-0.3, -0.25) is 4.79 Å². The van der Waals surface area contributed by atoms with E-state index in [9.17, 15) is 4.79 Å². The van der Waals surface area contributed by atoms with Gasteiger partial charge in [-0.05, 0) is 48.3 Å². The number of esters is 1. The Hall–Kier alpha value is -2.03. The Morgan fingerprint density at radius 2 is 2.05 bits per heavy atom. The minimum Gasteiger partial charge on any atom is -0.497 e. The molecule has 1 aromatic rings. The molecule has 0 spiro atoms. The molecule has 0 N–H and O–H groups in total. The largest absolute Gasteiger partial charge is 0.497 e. The van der Waals surface area contributed by atoms with Gasteiger partial charge in [-0.25, -0.2) is 0 Å². The van der Waals surface area contributed by atoms with Gasteiger partial charge in [0.25, 0.3) is 0 Å². The Morgan fingerprint density at radius 1 is 1.23 bits per heavy atom. The molecule has 0 amide bonds. The molecule has 2 bridgehead atoms. The third-order valence-corrected chi connectivity index (χ3v) is 4.59. The van der Waals surface area contributed by atoms with Gasteiger partial charge in [0.05, 0.1) is 20.1 Å². The van der Waals surface area contributed by atoms with Crippen LogP contribution in [0.1, 0.15) is 24.8 Å². The number of carbonyl (C=O) groups is 1. The molecule has 3 nitrogen and oxygen atoms in total. The first kappa shape index (κ1) is 14.9. The zero-order valence-electron chi connectivity index (χ0n) is 12.9. The highest BCUT2D eigenvalue weighted by Crippen LogP contribution is 2.43. The van der Waals surface area contributed by atoms with Crippen molar-refractivity contribution in [1.29, 1.82) is 0 Å². The van der Waals surface area contributed by atoms with Gasteiger partial charge in [-0.15, -0.1) is 0 Å². The molecule has 3 atom stereocenters. The van der Waals surface area contributed by atoms with Crippen molar-refractivity contribution in [2.75, 3.05) is 13.7 Å². The second kappa shape index (κ2) is 6.82. The van der Waals surface area contributed by atoms with Gasteiger partial charge in [-0.1, -0.05) is 36.4 Å². The maximum absolute atomic E-state index is 11.8.